The summed E-state index contributed by atoms with van der Waals surface area (Å²) in [5, 5.41) is 2.14. The molecule has 5 rings (SSSR count). The SMILES string of the molecule is COc1cc(OC)cc(C2Cc3ccccc3-c3nc(N)c4ccccc4c32)c1.Cl. The highest BCUT2D eigenvalue weighted by Crippen LogP contribution is 2.46. The molecule has 0 amide bonds. The van der Waals surface area contributed by atoms with E-state index in [-0.39, 0.29) is 18.3 Å². The summed E-state index contributed by atoms with van der Waals surface area (Å²) >= 11 is 0. The van der Waals surface area contributed by atoms with Crippen LogP contribution in [0.15, 0.2) is 66.7 Å². The molecule has 5 heteroatoms. The zero-order valence-corrected chi connectivity index (χ0v) is 17.7. The van der Waals surface area contributed by atoms with Crippen LogP contribution >= 0.6 is 12.4 Å². The largest absolute Gasteiger partial charge is 0.497 e. The minimum absolute atomic E-state index is 0. The van der Waals surface area contributed by atoms with Gasteiger partial charge in [-0.1, -0.05) is 48.5 Å². The number of hydrogen-bond donors (Lipinski definition) is 1. The minimum atomic E-state index is 0. The van der Waals surface area contributed by atoms with Gasteiger partial charge in [-0.3, -0.25) is 0 Å². The second-order valence-corrected chi connectivity index (χ2v) is 7.36. The molecule has 30 heavy (non-hydrogen) atoms. The summed E-state index contributed by atoms with van der Waals surface area (Å²) in [6, 6.07) is 22.8. The van der Waals surface area contributed by atoms with E-state index in [1.54, 1.807) is 14.2 Å². The average Bonchev–Trinajstić information content (AvgIpc) is 2.78. The van der Waals surface area contributed by atoms with Crippen molar-refractivity contribution in [2.24, 2.45) is 0 Å². The first-order valence-electron chi connectivity index (χ1n) is 9.69. The molecule has 2 N–H and O–H groups in total. The standard InChI is InChI=1S/C25H22N2O2.ClH/c1-28-17-11-16(12-18(14-17)29-2)22-13-15-7-3-4-8-19(15)24-23(22)20-9-5-6-10-21(20)25(26)27-24;/h3-12,14,22H,13H2,1-2H3,(H2,26,27);1H. The third-order valence-electron chi connectivity index (χ3n) is 5.80. The van der Waals surface area contributed by atoms with Crippen LogP contribution in [0.1, 0.15) is 22.6 Å². The summed E-state index contributed by atoms with van der Waals surface area (Å²) in [6.45, 7) is 0. The Hall–Kier alpha value is -3.24. The highest BCUT2D eigenvalue weighted by Gasteiger charge is 2.30. The van der Waals surface area contributed by atoms with Gasteiger partial charge in [-0.15, -0.1) is 12.4 Å². The van der Waals surface area contributed by atoms with Crippen molar-refractivity contribution in [3.63, 3.8) is 0 Å². The highest BCUT2D eigenvalue weighted by molar-refractivity contribution is 5.98. The van der Waals surface area contributed by atoms with Crippen molar-refractivity contribution in [1.82, 2.24) is 4.98 Å². The summed E-state index contributed by atoms with van der Waals surface area (Å²) in [7, 11) is 3.36. The monoisotopic (exact) mass is 418 g/mol. The number of rotatable bonds is 3. The number of hydrogen-bond acceptors (Lipinski definition) is 4. The second-order valence-electron chi connectivity index (χ2n) is 7.36. The lowest BCUT2D eigenvalue weighted by molar-refractivity contribution is 0.393. The fraction of sp³-hybridized carbons (Fsp3) is 0.160. The molecule has 1 unspecified atom stereocenters. The van der Waals surface area contributed by atoms with Gasteiger partial charge in [0, 0.05) is 22.9 Å². The van der Waals surface area contributed by atoms with Crippen molar-refractivity contribution in [3.05, 3.63) is 83.4 Å². The first kappa shape index (κ1) is 20.0. The lowest BCUT2D eigenvalue weighted by Gasteiger charge is -2.29. The number of anilines is 1. The van der Waals surface area contributed by atoms with Gasteiger partial charge in [-0.25, -0.2) is 4.98 Å². The zero-order chi connectivity index (χ0) is 20.0. The van der Waals surface area contributed by atoms with Gasteiger partial charge >= 0.3 is 0 Å². The first-order valence-corrected chi connectivity index (χ1v) is 9.69. The van der Waals surface area contributed by atoms with Gasteiger partial charge in [0.2, 0.25) is 0 Å². The fourth-order valence-electron chi connectivity index (χ4n) is 4.43. The van der Waals surface area contributed by atoms with Gasteiger partial charge in [0.05, 0.1) is 19.9 Å². The van der Waals surface area contributed by atoms with Crippen LogP contribution in [-0.4, -0.2) is 19.2 Å². The number of ether oxygens (including phenoxy) is 2. The van der Waals surface area contributed by atoms with Gasteiger partial charge < -0.3 is 15.2 Å². The maximum Gasteiger partial charge on any atom is 0.131 e. The molecular formula is C25H23ClN2O2. The quantitative estimate of drug-likeness (QED) is 0.469. The Bertz CT molecular complexity index is 1220. The van der Waals surface area contributed by atoms with Crippen molar-refractivity contribution in [2.75, 3.05) is 20.0 Å². The predicted molar refractivity (Wildman–Crippen MR) is 124 cm³/mol. The van der Waals surface area contributed by atoms with Crippen LogP contribution in [0.2, 0.25) is 0 Å². The van der Waals surface area contributed by atoms with Gasteiger partial charge in [0.1, 0.15) is 17.3 Å². The Morgan fingerprint density at radius 1 is 0.867 bits per heavy atom. The van der Waals surface area contributed by atoms with E-state index in [0.717, 1.165) is 45.5 Å². The van der Waals surface area contributed by atoms with E-state index in [9.17, 15) is 0 Å². The number of nitrogens with two attached hydrogens (primary N) is 1. The van der Waals surface area contributed by atoms with Crippen LogP contribution < -0.4 is 15.2 Å². The van der Waals surface area contributed by atoms with Crippen LogP contribution in [0.3, 0.4) is 0 Å². The molecule has 0 fully saturated rings. The van der Waals surface area contributed by atoms with E-state index < -0.39 is 0 Å². The lowest BCUT2D eigenvalue weighted by atomic mass is 9.76. The van der Waals surface area contributed by atoms with E-state index >= 15 is 0 Å². The molecule has 4 nitrogen and oxygen atoms in total. The number of halogens is 1. The van der Waals surface area contributed by atoms with Gasteiger partial charge in [-0.05, 0) is 40.6 Å². The number of fused-ring (bicyclic) bond motifs is 5. The molecule has 1 heterocycles. The molecule has 1 aromatic heterocycles. The number of nitrogen functional groups attached to an aromatic ring is 1. The Morgan fingerprint density at radius 3 is 2.20 bits per heavy atom. The summed E-state index contributed by atoms with van der Waals surface area (Å²) in [5.41, 5.74) is 12.1. The molecule has 0 saturated heterocycles. The van der Waals surface area contributed by atoms with Crippen LogP contribution in [0.5, 0.6) is 11.5 Å². The smallest absolute Gasteiger partial charge is 0.131 e. The number of aromatic nitrogens is 1. The Kier molecular flexibility index (Phi) is 5.27. The molecule has 1 atom stereocenters. The molecule has 3 aromatic carbocycles. The van der Waals surface area contributed by atoms with E-state index in [1.165, 1.54) is 11.1 Å². The molecule has 0 aliphatic heterocycles. The van der Waals surface area contributed by atoms with Gasteiger partial charge in [-0.2, -0.15) is 0 Å². The molecule has 4 aromatic rings. The zero-order valence-electron chi connectivity index (χ0n) is 16.9. The van der Waals surface area contributed by atoms with E-state index in [1.807, 2.05) is 18.2 Å². The van der Waals surface area contributed by atoms with Crippen molar-refractivity contribution in [2.45, 2.75) is 12.3 Å². The Balaban J connectivity index is 0.00000218. The van der Waals surface area contributed by atoms with Crippen LogP contribution in [0, 0.1) is 0 Å². The van der Waals surface area contributed by atoms with E-state index in [2.05, 4.69) is 48.5 Å². The van der Waals surface area contributed by atoms with Crippen LogP contribution in [-0.2, 0) is 6.42 Å². The van der Waals surface area contributed by atoms with Crippen molar-refractivity contribution in [3.8, 4) is 22.8 Å². The third kappa shape index (κ3) is 3.14. The summed E-state index contributed by atoms with van der Waals surface area (Å²) < 4.78 is 11.1. The molecule has 0 radical (unpaired) electrons. The number of benzene rings is 3. The molecule has 1 aliphatic carbocycles. The summed E-state index contributed by atoms with van der Waals surface area (Å²) in [6.07, 6.45) is 0.884. The summed E-state index contributed by atoms with van der Waals surface area (Å²) in [5.74, 6) is 2.26. The molecule has 0 saturated carbocycles. The van der Waals surface area contributed by atoms with Gasteiger partial charge in [0.25, 0.3) is 0 Å². The Morgan fingerprint density at radius 2 is 1.50 bits per heavy atom. The molecule has 0 bridgehead atoms. The molecule has 0 spiro atoms. The predicted octanol–water partition coefficient (Wildman–Crippen LogP) is 5.61. The second kappa shape index (κ2) is 7.88. The van der Waals surface area contributed by atoms with Crippen molar-refractivity contribution >= 4 is 29.0 Å². The van der Waals surface area contributed by atoms with Crippen molar-refractivity contribution in [1.29, 1.82) is 0 Å². The minimum Gasteiger partial charge on any atom is -0.497 e. The molecular weight excluding hydrogens is 396 g/mol. The molecule has 152 valence electrons. The highest BCUT2D eigenvalue weighted by atomic mass is 35.5. The maximum absolute atomic E-state index is 6.36. The van der Waals surface area contributed by atoms with Crippen molar-refractivity contribution < 1.29 is 9.47 Å². The number of pyridine rings is 1. The topological polar surface area (TPSA) is 57.4 Å². The first-order chi connectivity index (χ1) is 14.2. The normalized spacial score (nSPS) is 14.4. The number of methoxy groups -OCH3 is 2. The average molecular weight is 419 g/mol. The van der Waals surface area contributed by atoms with Crippen LogP contribution in [0.4, 0.5) is 5.82 Å². The summed E-state index contributed by atoms with van der Waals surface area (Å²) in [4.78, 5) is 4.86. The fourth-order valence-corrected chi connectivity index (χ4v) is 4.43. The van der Waals surface area contributed by atoms with E-state index in [4.69, 9.17) is 20.2 Å². The maximum atomic E-state index is 6.36. The third-order valence-corrected chi connectivity index (χ3v) is 5.80. The van der Waals surface area contributed by atoms with Crippen LogP contribution in [0.25, 0.3) is 22.0 Å². The Labute approximate surface area is 182 Å². The van der Waals surface area contributed by atoms with E-state index in [0.29, 0.717) is 5.82 Å². The van der Waals surface area contributed by atoms with Gasteiger partial charge in [0.15, 0.2) is 0 Å². The molecule has 1 aliphatic rings. The number of nitrogens with zero attached hydrogens (tertiary/aromatic N) is 1. The lowest BCUT2D eigenvalue weighted by Crippen LogP contribution is -2.15.